The molecule has 0 fully saturated rings. The van der Waals surface area contributed by atoms with E-state index in [9.17, 15) is 4.79 Å². The fourth-order valence-corrected chi connectivity index (χ4v) is 4.79. The fourth-order valence-electron chi connectivity index (χ4n) is 4.38. The van der Waals surface area contributed by atoms with E-state index in [0.29, 0.717) is 0 Å². The first-order valence-electron chi connectivity index (χ1n) is 10.9. The van der Waals surface area contributed by atoms with Crippen LogP contribution in [0.15, 0.2) is 106 Å². The summed E-state index contributed by atoms with van der Waals surface area (Å²) in [5, 5.41) is 6.00. The second kappa shape index (κ2) is 8.75. The third kappa shape index (κ3) is 4.00. The Labute approximate surface area is 201 Å². The van der Waals surface area contributed by atoms with E-state index in [1.54, 1.807) is 4.68 Å². The largest absolute Gasteiger partial charge is 0.374 e. The van der Waals surface area contributed by atoms with Gasteiger partial charge in [0.15, 0.2) is 0 Å². The predicted molar refractivity (Wildman–Crippen MR) is 139 cm³/mol. The first-order chi connectivity index (χ1) is 16.0. The molecule has 5 rings (SSSR count). The molecule has 164 valence electrons. The summed E-state index contributed by atoms with van der Waals surface area (Å²) in [6.07, 6.45) is 0. The molecule has 33 heavy (non-hydrogen) atoms. The fraction of sp³-hybridized carbons (Fsp3) is 0.107. The van der Waals surface area contributed by atoms with Crippen LogP contribution in [-0.2, 0) is 7.05 Å². The van der Waals surface area contributed by atoms with Gasteiger partial charge in [-0.15, -0.1) is 0 Å². The first kappa shape index (κ1) is 21.3. The molecule has 1 atom stereocenters. The zero-order valence-corrected chi connectivity index (χ0v) is 20.1. The lowest BCUT2D eigenvalue weighted by atomic mass is 9.98. The number of hydrogen-bond acceptors (Lipinski definition) is 2. The number of fused-ring (bicyclic) bond motifs is 1. The Balaban J connectivity index is 1.68. The molecule has 1 heterocycles. The molecule has 4 nitrogen and oxygen atoms in total. The van der Waals surface area contributed by atoms with E-state index in [1.807, 2.05) is 73.3 Å². The summed E-state index contributed by atoms with van der Waals surface area (Å²) in [5.41, 5.74) is 4.45. The Hall–Kier alpha value is -3.57. The molecule has 1 unspecified atom stereocenters. The second-order valence-corrected chi connectivity index (χ2v) is 9.09. The van der Waals surface area contributed by atoms with E-state index in [0.717, 1.165) is 38.1 Å². The number of hydrogen-bond donors (Lipinski definition) is 1. The minimum Gasteiger partial charge on any atom is -0.374 e. The average molecular weight is 498 g/mol. The summed E-state index contributed by atoms with van der Waals surface area (Å²) < 4.78 is 4.64. The maximum absolute atomic E-state index is 13.8. The summed E-state index contributed by atoms with van der Waals surface area (Å²) in [6.45, 7) is 2.00. The lowest BCUT2D eigenvalue weighted by molar-refractivity contribution is 0.630. The lowest BCUT2D eigenvalue weighted by Crippen LogP contribution is -2.24. The van der Waals surface area contributed by atoms with Crippen molar-refractivity contribution in [3.8, 4) is 5.69 Å². The van der Waals surface area contributed by atoms with Crippen molar-refractivity contribution in [2.45, 2.75) is 13.0 Å². The van der Waals surface area contributed by atoms with Crippen molar-refractivity contribution in [2.24, 2.45) is 7.05 Å². The van der Waals surface area contributed by atoms with E-state index in [2.05, 4.69) is 63.7 Å². The van der Waals surface area contributed by atoms with Gasteiger partial charge >= 0.3 is 0 Å². The topological polar surface area (TPSA) is 39.0 Å². The Morgan fingerprint density at radius 3 is 2.30 bits per heavy atom. The van der Waals surface area contributed by atoms with Crippen LogP contribution in [0.2, 0.25) is 0 Å². The highest BCUT2D eigenvalue weighted by atomic mass is 79.9. The Morgan fingerprint density at radius 2 is 1.55 bits per heavy atom. The minimum absolute atomic E-state index is 0.0283. The molecular weight excluding hydrogens is 474 g/mol. The Morgan fingerprint density at radius 1 is 0.818 bits per heavy atom. The summed E-state index contributed by atoms with van der Waals surface area (Å²) in [7, 11) is 1.93. The maximum atomic E-state index is 13.8. The van der Waals surface area contributed by atoms with Crippen molar-refractivity contribution in [3.05, 3.63) is 129 Å². The van der Waals surface area contributed by atoms with E-state index >= 15 is 0 Å². The number of para-hydroxylation sites is 1. The molecule has 5 heteroatoms. The van der Waals surface area contributed by atoms with Crippen LogP contribution < -0.4 is 10.9 Å². The smallest absolute Gasteiger partial charge is 0.277 e. The van der Waals surface area contributed by atoms with E-state index in [-0.39, 0.29) is 11.6 Å². The minimum atomic E-state index is -0.313. The van der Waals surface area contributed by atoms with Gasteiger partial charge in [0, 0.05) is 22.9 Å². The highest BCUT2D eigenvalue weighted by Crippen LogP contribution is 2.30. The van der Waals surface area contributed by atoms with Crippen molar-refractivity contribution in [1.29, 1.82) is 0 Å². The normalized spacial score (nSPS) is 12.1. The van der Waals surface area contributed by atoms with Crippen LogP contribution in [0.3, 0.4) is 0 Å². The molecule has 4 aromatic carbocycles. The van der Waals surface area contributed by atoms with Crippen LogP contribution in [0, 0.1) is 6.92 Å². The van der Waals surface area contributed by atoms with Crippen LogP contribution >= 0.6 is 15.9 Å². The Bertz CT molecular complexity index is 1500. The zero-order valence-electron chi connectivity index (χ0n) is 18.5. The van der Waals surface area contributed by atoms with Gasteiger partial charge < -0.3 is 5.32 Å². The number of aromatic nitrogens is 2. The van der Waals surface area contributed by atoms with Crippen molar-refractivity contribution >= 4 is 32.4 Å². The van der Waals surface area contributed by atoms with Gasteiger partial charge in [-0.05, 0) is 59.7 Å². The highest BCUT2D eigenvalue weighted by Gasteiger charge is 2.25. The number of benzene rings is 4. The van der Waals surface area contributed by atoms with Crippen LogP contribution in [0.5, 0.6) is 0 Å². The van der Waals surface area contributed by atoms with Crippen LogP contribution in [0.4, 0.5) is 5.69 Å². The van der Waals surface area contributed by atoms with Gasteiger partial charge in [-0.2, -0.15) is 0 Å². The average Bonchev–Trinajstić information content (AvgIpc) is 3.06. The summed E-state index contributed by atoms with van der Waals surface area (Å²) in [5.74, 6) is 0. The standard InChI is InChI=1S/C28H24BrN3O/c1-19-26(28(33)32(31(19)2)25-13-4-3-5-14-25)27(22-11-8-12-23(29)17-22)30-24-16-15-20-9-6-7-10-21(20)18-24/h3-18,27,30H,1-2H3. The van der Waals surface area contributed by atoms with Gasteiger partial charge in [-0.25, -0.2) is 4.68 Å². The second-order valence-electron chi connectivity index (χ2n) is 8.17. The van der Waals surface area contributed by atoms with Crippen molar-refractivity contribution in [3.63, 3.8) is 0 Å². The van der Waals surface area contributed by atoms with Crippen molar-refractivity contribution < 1.29 is 0 Å². The zero-order chi connectivity index (χ0) is 22.9. The third-order valence-corrected chi connectivity index (χ3v) is 6.62. The SMILES string of the molecule is Cc1c(C(Nc2ccc3ccccc3c2)c2cccc(Br)c2)c(=O)n(-c2ccccc2)n1C. The number of anilines is 1. The van der Waals surface area contributed by atoms with Crippen LogP contribution in [-0.4, -0.2) is 9.36 Å². The monoisotopic (exact) mass is 497 g/mol. The molecule has 0 spiro atoms. The molecule has 0 aliphatic rings. The summed E-state index contributed by atoms with van der Waals surface area (Å²) in [4.78, 5) is 13.8. The van der Waals surface area contributed by atoms with E-state index in [4.69, 9.17) is 0 Å². The molecule has 0 aliphatic carbocycles. The van der Waals surface area contributed by atoms with Crippen LogP contribution in [0.1, 0.15) is 22.9 Å². The Kier molecular flexibility index (Phi) is 5.65. The molecule has 0 bridgehead atoms. The first-order valence-corrected chi connectivity index (χ1v) is 11.7. The molecule has 0 aliphatic heterocycles. The molecule has 0 saturated heterocycles. The number of nitrogens with one attached hydrogen (secondary N) is 1. The van der Waals surface area contributed by atoms with Gasteiger partial charge in [0.1, 0.15) is 0 Å². The lowest BCUT2D eigenvalue weighted by Gasteiger charge is -2.21. The summed E-state index contributed by atoms with van der Waals surface area (Å²) >= 11 is 3.60. The maximum Gasteiger partial charge on any atom is 0.277 e. The number of rotatable bonds is 5. The van der Waals surface area contributed by atoms with Gasteiger partial charge in [0.05, 0.1) is 17.3 Å². The molecule has 0 saturated carbocycles. The number of halogens is 1. The van der Waals surface area contributed by atoms with Crippen molar-refractivity contribution in [2.75, 3.05) is 5.32 Å². The third-order valence-electron chi connectivity index (χ3n) is 6.13. The van der Waals surface area contributed by atoms with Gasteiger partial charge in [0.2, 0.25) is 0 Å². The molecule has 0 amide bonds. The van der Waals surface area contributed by atoms with Crippen molar-refractivity contribution in [1.82, 2.24) is 9.36 Å². The van der Waals surface area contributed by atoms with E-state index in [1.165, 1.54) is 5.39 Å². The van der Waals surface area contributed by atoms with Gasteiger partial charge in [0.25, 0.3) is 5.56 Å². The van der Waals surface area contributed by atoms with Crippen LogP contribution in [0.25, 0.3) is 16.5 Å². The molecule has 1 N–H and O–H groups in total. The predicted octanol–water partition coefficient (Wildman–Crippen LogP) is 6.60. The highest BCUT2D eigenvalue weighted by molar-refractivity contribution is 9.10. The summed E-state index contributed by atoms with van der Waals surface area (Å²) in [6, 6.07) is 32.2. The van der Waals surface area contributed by atoms with Gasteiger partial charge in [-0.1, -0.05) is 76.6 Å². The quantitative estimate of drug-likeness (QED) is 0.297. The number of nitrogens with zero attached hydrogens (tertiary/aromatic N) is 2. The molecule has 1 aromatic heterocycles. The molecular formula is C28H24BrN3O. The molecule has 0 radical (unpaired) electrons. The van der Waals surface area contributed by atoms with E-state index < -0.39 is 0 Å². The van der Waals surface area contributed by atoms with Gasteiger partial charge in [-0.3, -0.25) is 9.48 Å². The molecule has 5 aromatic rings.